The number of hydrogen-bond donors (Lipinski definition) is 1. The van der Waals surface area contributed by atoms with Gasteiger partial charge in [0.2, 0.25) is 0 Å². The van der Waals surface area contributed by atoms with Crippen molar-refractivity contribution in [1.82, 2.24) is 10.3 Å². The third-order valence-corrected chi connectivity index (χ3v) is 4.34. The van der Waals surface area contributed by atoms with Crippen LogP contribution in [0.2, 0.25) is 0 Å². The van der Waals surface area contributed by atoms with Crippen LogP contribution >= 0.6 is 11.3 Å². The molecule has 0 saturated carbocycles. The molecule has 0 aliphatic carbocycles. The van der Waals surface area contributed by atoms with Crippen LogP contribution in [-0.4, -0.2) is 30.0 Å². The van der Waals surface area contributed by atoms with E-state index in [1.807, 2.05) is 41.9 Å². The summed E-state index contributed by atoms with van der Waals surface area (Å²) in [4.78, 5) is 19.5. The van der Waals surface area contributed by atoms with Gasteiger partial charge in [0.25, 0.3) is 5.91 Å². The molecule has 1 aliphatic rings. The molecule has 3 rings (SSSR count). The van der Waals surface area contributed by atoms with Crippen molar-refractivity contribution >= 4 is 23.1 Å². The lowest BCUT2D eigenvalue weighted by Gasteiger charge is -2.33. The van der Waals surface area contributed by atoms with Gasteiger partial charge in [-0.05, 0) is 36.4 Å². The Kier molecular flexibility index (Phi) is 3.97. The molecule has 0 spiro atoms. The number of rotatable bonds is 3. The van der Waals surface area contributed by atoms with Gasteiger partial charge in [0.15, 0.2) is 0 Å². The van der Waals surface area contributed by atoms with Gasteiger partial charge in [0, 0.05) is 25.3 Å². The molecule has 1 unspecified atom stereocenters. The largest absolute Gasteiger partial charge is 0.355 e. The van der Waals surface area contributed by atoms with Crippen molar-refractivity contribution in [3.05, 3.63) is 46.8 Å². The number of nitrogens with zero attached hydrogens (tertiary/aromatic N) is 2. The highest BCUT2D eigenvalue weighted by molar-refractivity contribution is 7.12. The summed E-state index contributed by atoms with van der Waals surface area (Å²) in [7, 11) is 0. The number of anilines is 1. The maximum Gasteiger partial charge on any atom is 0.261 e. The molecule has 1 fully saturated rings. The second-order valence-corrected chi connectivity index (χ2v) is 5.87. The fraction of sp³-hybridized carbons (Fsp3) is 0.333. The van der Waals surface area contributed by atoms with E-state index in [4.69, 9.17) is 0 Å². The van der Waals surface area contributed by atoms with Gasteiger partial charge in [-0.2, -0.15) is 0 Å². The second kappa shape index (κ2) is 6.05. The van der Waals surface area contributed by atoms with Gasteiger partial charge in [-0.25, -0.2) is 4.98 Å². The van der Waals surface area contributed by atoms with Crippen molar-refractivity contribution in [2.24, 2.45) is 0 Å². The molecule has 2 aromatic rings. The van der Waals surface area contributed by atoms with Gasteiger partial charge >= 0.3 is 0 Å². The van der Waals surface area contributed by atoms with Crippen LogP contribution in [0, 0.1) is 0 Å². The first-order valence-electron chi connectivity index (χ1n) is 6.83. The zero-order chi connectivity index (χ0) is 13.8. The smallest absolute Gasteiger partial charge is 0.261 e. The number of carbonyl (C=O) groups is 1. The van der Waals surface area contributed by atoms with Crippen LogP contribution in [0.4, 0.5) is 5.82 Å². The first-order chi connectivity index (χ1) is 9.83. The van der Waals surface area contributed by atoms with Gasteiger partial charge in [-0.3, -0.25) is 4.79 Å². The van der Waals surface area contributed by atoms with Crippen LogP contribution in [0.25, 0.3) is 0 Å². The number of aromatic nitrogens is 1. The maximum atomic E-state index is 12.1. The highest BCUT2D eigenvalue weighted by Crippen LogP contribution is 2.18. The highest BCUT2D eigenvalue weighted by Gasteiger charge is 2.22. The summed E-state index contributed by atoms with van der Waals surface area (Å²) < 4.78 is 0. The Labute approximate surface area is 122 Å². The summed E-state index contributed by atoms with van der Waals surface area (Å²) in [6.45, 7) is 1.83. The predicted molar refractivity (Wildman–Crippen MR) is 81.3 cm³/mol. The van der Waals surface area contributed by atoms with E-state index in [-0.39, 0.29) is 11.9 Å². The average molecular weight is 287 g/mol. The Morgan fingerprint density at radius 2 is 2.30 bits per heavy atom. The predicted octanol–water partition coefficient (Wildman–Crippen LogP) is 2.54. The first-order valence-corrected chi connectivity index (χ1v) is 7.71. The van der Waals surface area contributed by atoms with E-state index in [1.54, 1.807) is 0 Å². The average Bonchev–Trinajstić information content (AvgIpc) is 3.03. The molecule has 20 heavy (non-hydrogen) atoms. The van der Waals surface area contributed by atoms with Crippen molar-refractivity contribution in [3.63, 3.8) is 0 Å². The Morgan fingerprint density at radius 3 is 3.05 bits per heavy atom. The lowest BCUT2D eigenvalue weighted by atomic mass is 10.1. The van der Waals surface area contributed by atoms with E-state index in [0.29, 0.717) is 0 Å². The molecule has 104 valence electrons. The number of thiophene rings is 1. The molecule has 1 amide bonds. The van der Waals surface area contributed by atoms with Gasteiger partial charge in [0.1, 0.15) is 5.82 Å². The van der Waals surface area contributed by atoms with E-state index in [9.17, 15) is 4.79 Å². The zero-order valence-electron chi connectivity index (χ0n) is 11.2. The van der Waals surface area contributed by atoms with Crippen molar-refractivity contribution in [2.45, 2.75) is 18.9 Å². The molecule has 1 aliphatic heterocycles. The van der Waals surface area contributed by atoms with Crippen molar-refractivity contribution in [1.29, 1.82) is 0 Å². The molecule has 1 atom stereocenters. The van der Waals surface area contributed by atoms with Crippen molar-refractivity contribution < 1.29 is 4.79 Å². The van der Waals surface area contributed by atoms with E-state index in [0.717, 1.165) is 36.6 Å². The minimum Gasteiger partial charge on any atom is -0.355 e. The molecule has 0 aromatic carbocycles. The zero-order valence-corrected chi connectivity index (χ0v) is 12.0. The summed E-state index contributed by atoms with van der Waals surface area (Å²) in [6, 6.07) is 9.89. The molecule has 2 aromatic heterocycles. The molecule has 1 N–H and O–H groups in total. The van der Waals surface area contributed by atoms with E-state index in [1.165, 1.54) is 11.3 Å². The quantitative estimate of drug-likeness (QED) is 0.943. The SMILES string of the molecule is O=C(NC1CCCN(c2ccccn2)C1)c1cccs1. The number of amides is 1. The van der Waals surface area contributed by atoms with Gasteiger partial charge in [-0.15, -0.1) is 11.3 Å². The van der Waals surface area contributed by atoms with Crippen LogP contribution < -0.4 is 10.2 Å². The fourth-order valence-corrected chi connectivity index (χ4v) is 3.13. The number of nitrogens with one attached hydrogen (secondary N) is 1. The van der Waals surface area contributed by atoms with Crippen LogP contribution in [0.3, 0.4) is 0 Å². The first kappa shape index (κ1) is 13.1. The number of hydrogen-bond acceptors (Lipinski definition) is 4. The number of piperidine rings is 1. The molecule has 0 radical (unpaired) electrons. The van der Waals surface area contributed by atoms with Gasteiger partial charge < -0.3 is 10.2 Å². The Morgan fingerprint density at radius 1 is 1.35 bits per heavy atom. The second-order valence-electron chi connectivity index (χ2n) is 4.92. The lowest BCUT2D eigenvalue weighted by Crippen LogP contribution is -2.47. The van der Waals surface area contributed by atoms with E-state index < -0.39 is 0 Å². The Balaban J connectivity index is 1.62. The third-order valence-electron chi connectivity index (χ3n) is 3.47. The number of carbonyl (C=O) groups excluding carboxylic acids is 1. The van der Waals surface area contributed by atoms with Crippen LogP contribution in [-0.2, 0) is 0 Å². The summed E-state index contributed by atoms with van der Waals surface area (Å²) in [6.07, 6.45) is 3.91. The monoisotopic (exact) mass is 287 g/mol. The molecular weight excluding hydrogens is 270 g/mol. The Bertz CT molecular complexity index is 556. The third kappa shape index (κ3) is 2.99. The number of pyridine rings is 1. The molecule has 5 heteroatoms. The molecule has 4 nitrogen and oxygen atoms in total. The highest BCUT2D eigenvalue weighted by atomic mass is 32.1. The molecule has 1 saturated heterocycles. The molecule has 0 bridgehead atoms. The standard InChI is InChI=1S/C15H17N3OS/c19-15(13-6-4-10-20-13)17-12-5-3-9-18(11-12)14-7-1-2-8-16-14/h1-2,4,6-8,10,12H,3,5,9,11H2,(H,17,19). The normalized spacial score (nSPS) is 18.8. The van der Waals surface area contributed by atoms with Gasteiger partial charge in [-0.1, -0.05) is 12.1 Å². The minimum absolute atomic E-state index is 0.0351. The van der Waals surface area contributed by atoms with Gasteiger partial charge in [0.05, 0.1) is 4.88 Å². The molecule has 3 heterocycles. The summed E-state index contributed by atoms with van der Waals surface area (Å²) >= 11 is 1.48. The maximum absolute atomic E-state index is 12.1. The summed E-state index contributed by atoms with van der Waals surface area (Å²) in [5.74, 6) is 1.02. The van der Waals surface area contributed by atoms with Crippen LogP contribution in [0.1, 0.15) is 22.5 Å². The van der Waals surface area contributed by atoms with Crippen molar-refractivity contribution in [2.75, 3.05) is 18.0 Å². The molecular formula is C15H17N3OS. The van der Waals surface area contributed by atoms with Crippen LogP contribution in [0.15, 0.2) is 41.9 Å². The van der Waals surface area contributed by atoms with E-state index in [2.05, 4.69) is 15.2 Å². The van der Waals surface area contributed by atoms with Crippen molar-refractivity contribution in [3.8, 4) is 0 Å². The van der Waals surface area contributed by atoms with E-state index >= 15 is 0 Å². The Hall–Kier alpha value is -1.88. The minimum atomic E-state index is 0.0351. The lowest BCUT2D eigenvalue weighted by molar-refractivity contribution is 0.0937. The topological polar surface area (TPSA) is 45.2 Å². The van der Waals surface area contributed by atoms with Crippen LogP contribution in [0.5, 0.6) is 0 Å². The fourth-order valence-electron chi connectivity index (χ4n) is 2.51. The summed E-state index contributed by atoms with van der Waals surface area (Å²) in [5, 5.41) is 5.05. The summed E-state index contributed by atoms with van der Waals surface area (Å²) in [5.41, 5.74) is 0.